The number of ether oxygens (including phenoxy) is 2. The van der Waals surface area contributed by atoms with Crippen LogP contribution in [0.5, 0.6) is 0 Å². The van der Waals surface area contributed by atoms with Crippen molar-refractivity contribution in [2.24, 2.45) is 0 Å². The lowest BCUT2D eigenvalue weighted by Crippen LogP contribution is -2.27. The first-order chi connectivity index (χ1) is 5.26. The van der Waals surface area contributed by atoms with E-state index in [0.717, 1.165) is 6.42 Å². The van der Waals surface area contributed by atoms with Crippen LogP contribution >= 0.6 is 0 Å². The van der Waals surface area contributed by atoms with Crippen molar-refractivity contribution in [3.63, 3.8) is 0 Å². The molecular formula is C8H16O3. The second kappa shape index (κ2) is 6.34. The average molecular weight is 160 g/mol. The minimum absolute atomic E-state index is 0.201. The second-order valence-electron chi connectivity index (χ2n) is 2.25. The molecule has 0 radical (unpaired) electrons. The van der Waals surface area contributed by atoms with Crippen molar-refractivity contribution in [1.29, 1.82) is 0 Å². The quantitative estimate of drug-likeness (QED) is 0.464. The van der Waals surface area contributed by atoms with Crippen LogP contribution in [-0.2, 0) is 9.47 Å². The molecule has 0 aromatic rings. The molecule has 1 unspecified atom stereocenters. The Labute approximate surface area is 67.6 Å². The van der Waals surface area contributed by atoms with E-state index in [9.17, 15) is 5.11 Å². The summed E-state index contributed by atoms with van der Waals surface area (Å²) in [5, 5.41) is 9.25. The van der Waals surface area contributed by atoms with Gasteiger partial charge in [0, 0.05) is 7.11 Å². The van der Waals surface area contributed by atoms with Gasteiger partial charge in [-0.2, -0.15) is 0 Å². The lowest BCUT2D eigenvalue weighted by Gasteiger charge is -2.18. The fourth-order valence-electron chi connectivity index (χ4n) is 0.765. The van der Waals surface area contributed by atoms with Gasteiger partial charge in [-0.05, 0) is 6.42 Å². The second-order valence-corrected chi connectivity index (χ2v) is 2.25. The van der Waals surface area contributed by atoms with Crippen molar-refractivity contribution >= 4 is 0 Å². The highest BCUT2D eigenvalue weighted by Gasteiger charge is 2.13. The molecule has 0 bridgehead atoms. The van der Waals surface area contributed by atoms with Gasteiger partial charge < -0.3 is 14.6 Å². The summed E-state index contributed by atoms with van der Waals surface area (Å²) in [6.07, 6.45) is 1.41. The van der Waals surface area contributed by atoms with Gasteiger partial charge in [-0.1, -0.05) is 13.0 Å². The van der Waals surface area contributed by atoms with Gasteiger partial charge in [0.2, 0.25) is 0 Å². The maximum atomic E-state index is 9.25. The number of rotatable bonds is 6. The van der Waals surface area contributed by atoms with Crippen molar-refractivity contribution in [3.8, 4) is 0 Å². The van der Waals surface area contributed by atoms with Crippen LogP contribution in [0.3, 0.4) is 0 Å². The lowest BCUT2D eigenvalue weighted by molar-refractivity contribution is -0.102. The van der Waals surface area contributed by atoms with Gasteiger partial charge in [-0.25, -0.2) is 0 Å². The Morgan fingerprint density at radius 1 is 1.64 bits per heavy atom. The first-order valence-electron chi connectivity index (χ1n) is 3.67. The number of aliphatic hydroxyl groups is 1. The Bertz CT molecular complexity index is 104. The summed E-state index contributed by atoms with van der Waals surface area (Å²) in [6.45, 7) is 5.62. The summed E-state index contributed by atoms with van der Waals surface area (Å²) in [7, 11) is 1.55. The Hall–Kier alpha value is -0.380. The minimum atomic E-state index is -0.602. The number of aliphatic hydroxyl groups excluding tert-OH is 1. The molecule has 0 fully saturated rings. The van der Waals surface area contributed by atoms with Gasteiger partial charge >= 0.3 is 0 Å². The van der Waals surface area contributed by atoms with Crippen LogP contribution < -0.4 is 0 Å². The smallest absolute Gasteiger partial charge is 0.146 e. The van der Waals surface area contributed by atoms with Crippen LogP contribution in [-0.4, -0.2) is 31.2 Å². The molecule has 0 aliphatic carbocycles. The third kappa shape index (κ3) is 4.14. The minimum Gasteiger partial charge on any atom is -0.386 e. The van der Waals surface area contributed by atoms with E-state index in [2.05, 4.69) is 6.58 Å². The molecule has 0 amide bonds. The number of hydrogen-bond donors (Lipinski definition) is 1. The summed E-state index contributed by atoms with van der Waals surface area (Å²) in [4.78, 5) is 0. The van der Waals surface area contributed by atoms with Crippen LogP contribution in [0.1, 0.15) is 13.3 Å². The van der Waals surface area contributed by atoms with E-state index in [1.165, 1.54) is 6.08 Å². The largest absolute Gasteiger partial charge is 0.386 e. The first-order valence-corrected chi connectivity index (χ1v) is 3.67. The van der Waals surface area contributed by atoms with Crippen molar-refractivity contribution < 1.29 is 14.6 Å². The standard InChI is InChI=1S/C8H16O3/c1-4-7(9)8(5-2)11-6-10-3/h4,7-9H,1,5-6H2,2-3H3/t7?,8-/m1/s1. The summed E-state index contributed by atoms with van der Waals surface area (Å²) >= 11 is 0. The fourth-order valence-corrected chi connectivity index (χ4v) is 0.765. The summed E-state index contributed by atoms with van der Waals surface area (Å²) < 4.78 is 9.85. The normalized spacial score (nSPS) is 15.9. The van der Waals surface area contributed by atoms with E-state index in [4.69, 9.17) is 9.47 Å². The lowest BCUT2D eigenvalue weighted by atomic mass is 10.1. The zero-order valence-electron chi connectivity index (χ0n) is 7.12. The van der Waals surface area contributed by atoms with Gasteiger partial charge in [0.1, 0.15) is 6.79 Å². The first kappa shape index (κ1) is 10.6. The van der Waals surface area contributed by atoms with E-state index in [-0.39, 0.29) is 12.9 Å². The van der Waals surface area contributed by atoms with Crippen LogP contribution in [0.25, 0.3) is 0 Å². The van der Waals surface area contributed by atoms with E-state index in [0.29, 0.717) is 0 Å². The maximum Gasteiger partial charge on any atom is 0.146 e. The predicted octanol–water partition coefficient (Wildman–Crippen LogP) is 0.932. The molecule has 0 saturated carbocycles. The molecule has 11 heavy (non-hydrogen) atoms. The molecule has 1 N–H and O–H groups in total. The van der Waals surface area contributed by atoms with Crippen molar-refractivity contribution in [1.82, 2.24) is 0 Å². The average Bonchev–Trinajstić information content (AvgIpc) is 2.05. The van der Waals surface area contributed by atoms with Crippen LogP contribution in [0, 0.1) is 0 Å². The van der Waals surface area contributed by atoms with Gasteiger partial charge in [0.05, 0.1) is 12.2 Å². The molecule has 0 saturated heterocycles. The SMILES string of the molecule is C=CC(O)[C@@H](CC)OCOC. The topological polar surface area (TPSA) is 38.7 Å². The van der Waals surface area contributed by atoms with E-state index >= 15 is 0 Å². The monoisotopic (exact) mass is 160 g/mol. The van der Waals surface area contributed by atoms with E-state index in [1.54, 1.807) is 7.11 Å². The van der Waals surface area contributed by atoms with Crippen molar-refractivity contribution in [3.05, 3.63) is 12.7 Å². The van der Waals surface area contributed by atoms with E-state index < -0.39 is 6.10 Å². The van der Waals surface area contributed by atoms with Crippen LogP contribution in [0.15, 0.2) is 12.7 Å². The Morgan fingerprint density at radius 3 is 2.64 bits per heavy atom. The molecule has 0 aliphatic heterocycles. The summed E-state index contributed by atoms with van der Waals surface area (Å²) in [6, 6.07) is 0. The molecular weight excluding hydrogens is 144 g/mol. The summed E-state index contributed by atoms with van der Waals surface area (Å²) in [5.74, 6) is 0. The van der Waals surface area contributed by atoms with Crippen LogP contribution in [0.4, 0.5) is 0 Å². The Morgan fingerprint density at radius 2 is 2.27 bits per heavy atom. The molecule has 3 nitrogen and oxygen atoms in total. The molecule has 2 atom stereocenters. The fraction of sp³-hybridized carbons (Fsp3) is 0.750. The molecule has 0 aromatic heterocycles. The zero-order chi connectivity index (χ0) is 8.69. The molecule has 0 heterocycles. The van der Waals surface area contributed by atoms with E-state index in [1.807, 2.05) is 6.92 Å². The van der Waals surface area contributed by atoms with Gasteiger partial charge in [-0.15, -0.1) is 6.58 Å². The Kier molecular flexibility index (Phi) is 6.12. The molecule has 66 valence electrons. The van der Waals surface area contributed by atoms with Crippen molar-refractivity contribution in [2.75, 3.05) is 13.9 Å². The highest BCUT2D eigenvalue weighted by molar-refractivity contribution is 4.84. The van der Waals surface area contributed by atoms with Gasteiger partial charge in [0.25, 0.3) is 0 Å². The maximum absolute atomic E-state index is 9.25. The molecule has 0 aliphatic rings. The predicted molar refractivity (Wildman–Crippen MR) is 43.2 cm³/mol. The number of hydrogen-bond acceptors (Lipinski definition) is 3. The van der Waals surface area contributed by atoms with Crippen LogP contribution in [0.2, 0.25) is 0 Å². The molecule has 3 heteroatoms. The number of methoxy groups -OCH3 is 1. The Balaban J connectivity index is 3.64. The highest BCUT2D eigenvalue weighted by atomic mass is 16.7. The summed E-state index contributed by atoms with van der Waals surface area (Å²) in [5.41, 5.74) is 0. The van der Waals surface area contributed by atoms with Gasteiger partial charge in [-0.3, -0.25) is 0 Å². The third-order valence-corrected chi connectivity index (χ3v) is 1.42. The molecule has 0 spiro atoms. The molecule has 0 rings (SSSR count). The zero-order valence-corrected chi connectivity index (χ0v) is 7.12. The highest BCUT2D eigenvalue weighted by Crippen LogP contribution is 2.04. The van der Waals surface area contributed by atoms with Gasteiger partial charge in [0.15, 0.2) is 0 Å². The molecule has 0 aromatic carbocycles. The third-order valence-electron chi connectivity index (χ3n) is 1.42. The van der Waals surface area contributed by atoms with Crippen molar-refractivity contribution in [2.45, 2.75) is 25.6 Å².